The molecule has 0 spiro atoms. The molecule has 2 aliphatic heterocycles. The van der Waals surface area contributed by atoms with E-state index in [9.17, 15) is 4.79 Å². The van der Waals surface area contributed by atoms with Crippen LogP contribution in [-0.2, 0) is 13.0 Å². The number of hydrogen-bond acceptors (Lipinski definition) is 3. The Balaban J connectivity index is 1.43. The molecule has 28 heavy (non-hydrogen) atoms. The number of aryl methyl sites for hydroxylation is 1. The maximum absolute atomic E-state index is 13.2. The second-order valence-corrected chi connectivity index (χ2v) is 8.32. The zero-order valence-electron chi connectivity index (χ0n) is 17.1. The summed E-state index contributed by atoms with van der Waals surface area (Å²) in [6, 6.07) is 17.3. The first kappa shape index (κ1) is 19.0. The molecule has 0 radical (unpaired) electrons. The van der Waals surface area contributed by atoms with Gasteiger partial charge in [0.25, 0.3) is 5.91 Å². The maximum Gasteiger partial charge on any atom is 0.253 e. The molecular formula is C24H31N3O. The number of fused-ring (bicyclic) bond motifs is 1. The van der Waals surface area contributed by atoms with Crippen molar-refractivity contribution in [2.24, 2.45) is 0 Å². The smallest absolute Gasteiger partial charge is 0.253 e. The van der Waals surface area contributed by atoms with Crippen LogP contribution >= 0.6 is 0 Å². The number of likely N-dealkylation sites (N-methyl/N-ethyl adjacent to an activating group) is 1. The van der Waals surface area contributed by atoms with Gasteiger partial charge in [-0.15, -0.1) is 0 Å². The molecule has 2 aliphatic rings. The molecule has 1 unspecified atom stereocenters. The van der Waals surface area contributed by atoms with Gasteiger partial charge >= 0.3 is 0 Å². The topological polar surface area (TPSA) is 26.8 Å². The van der Waals surface area contributed by atoms with E-state index >= 15 is 0 Å². The third-order valence-corrected chi connectivity index (χ3v) is 6.26. The summed E-state index contributed by atoms with van der Waals surface area (Å²) in [5, 5.41) is 0. The molecule has 0 bridgehead atoms. The molecule has 2 heterocycles. The molecule has 4 heteroatoms. The van der Waals surface area contributed by atoms with Gasteiger partial charge in [-0.1, -0.05) is 30.3 Å². The summed E-state index contributed by atoms with van der Waals surface area (Å²) >= 11 is 0. The van der Waals surface area contributed by atoms with Crippen molar-refractivity contribution in [3.8, 4) is 0 Å². The predicted molar refractivity (Wildman–Crippen MR) is 115 cm³/mol. The van der Waals surface area contributed by atoms with Gasteiger partial charge in [-0.05, 0) is 62.1 Å². The molecule has 4 nitrogen and oxygen atoms in total. The average Bonchev–Trinajstić information content (AvgIpc) is 2.74. The highest BCUT2D eigenvalue weighted by molar-refractivity contribution is 5.95. The second kappa shape index (κ2) is 8.36. The van der Waals surface area contributed by atoms with Gasteiger partial charge in [0.2, 0.25) is 0 Å². The van der Waals surface area contributed by atoms with Gasteiger partial charge in [0.15, 0.2) is 0 Å². The summed E-state index contributed by atoms with van der Waals surface area (Å²) in [4.78, 5) is 19.9. The van der Waals surface area contributed by atoms with Crippen molar-refractivity contribution >= 4 is 11.6 Å². The van der Waals surface area contributed by atoms with Crippen molar-refractivity contribution in [2.75, 3.05) is 38.6 Å². The lowest BCUT2D eigenvalue weighted by Gasteiger charge is -2.38. The SMILES string of the molecule is CN1CCCc2cc(C(=O)N3CCCC(N(C)Cc4ccccc4)C3)ccc21. The molecule has 0 aliphatic carbocycles. The fourth-order valence-electron chi connectivity index (χ4n) is 4.60. The van der Waals surface area contributed by atoms with E-state index in [2.05, 4.69) is 71.3 Å². The van der Waals surface area contributed by atoms with Crippen LogP contribution in [0.4, 0.5) is 5.69 Å². The highest BCUT2D eigenvalue weighted by atomic mass is 16.2. The van der Waals surface area contributed by atoms with Crippen LogP contribution < -0.4 is 4.90 Å². The third kappa shape index (κ3) is 4.07. The molecule has 4 rings (SSSR count). The Morgan fingerprint density at radius 3 is 2.75 bits per heavy atom. The van der Waals surface area contributed by atoms with E-state index in [1.54, 1.807) is 0 Å². The van der Waals surface area contributed by atoms with Crippen LogP contribution in [0, 0.1) is 0 Å². The molecule has 1 saturated heterocycles. The van der Waals surface area contributed by atoms with Gasteiger partial charge in [-0.3, -0.25) is 9.69 Å². The minimum Gasteiger partial charge on any atom is -0.374 e. The van der Waals surface area contributed by atoms with E-state index < -0.39 is 0 Å². The molecule has 0 N–H and O–H groups in total. The van der Waals surface area contributed by atoms with Gasteiger partial charge in [0.1, 0.15) is 0 Å². The van der Waals surface area contributed by atoms with Crippen LogP contribution in [0.25, 0.3) is 0 Å². The standard InChI is InChI=1S/C24H31N3O/c1-25-14-6-10-20-16-21(12-13-23(20)25)24(28)27-15-7-11-22(18-27)26(2)17-19-8-4-3-5-9-19/h3-5,8-9,12-13,16,22H,6-7,10-11,14-15,17-18H2,1-2H3. The fourth-order valence-corrected chi connectivity index (χ4v) is 4.60. The van der Waals surface area contributed by atoms with Crippen molar-refractivity contribution in [1.82, 2.24) is 9.80 Å². The van der Waals surface area contributed by atoms with Crippen LogP contribution in [-0.4, -0.2) is 55.5 Å². The van der Waals surface area contributed by atoms with E-state index in [4.69, 9.17) is 0 Å². The first-order chi connectivity index (χ1) is 13.6. The average molecular weight is 378 g/mol. The minimum absolute atomic E-state index is 0.189. The summed E-state index contributed by atoms with van der Waals surface area (Å²) in [5.41, 5.74) is 4.77. The molecule has 1 atom stereocenters. The quantitative estimate of drug-likeness (QED) is 0.811. The number of anilines is 1. The number of carbonyl (C=O) groups excluding carboxylic acids is 1. The zero-order valence-corrected chi connectivity index (χ0v) is 17.1. The Bertz CT molecular complexity index is 820. The van der Waals surface area contributed by atoms with Gasteiger partial charge in [0, 0.05) is 50.5 Å². The van der Waals surface area contributed by atoms with Crippen molar-refractivity contribution in [3.05, 3.63) is 65.2 Å². The highest BCUT2D eigenvalue weighted by Gasteiger charge is 2.27. The van der Waals surface area contributed by atoms with Gasteiger partial charge in [0.05, 0.1) is 0 Å². The summed E-state index contributed by atoms with van der Waals surface area (Å²) in [5.74, 6) is 0.189. The number of hydrogen-bond donors (Lipinski definition) is 0. The molecule has 1 fully saturated rings. The van der Waals surface area contributed by atoms with Crippen molar-refractivity contribution < 1.29 is 4.79 Å². The summed E-state index contributed by atoms with van der Waals surface area (Å²) in [7, 11) is 4.32. The van der Waals surface area contributed by atoms with E-state index in [1.165, 1.54) is 16.8 Å². The Morgan fingerprint density at radius 2 is 1.93 bits per heavy atom. The van der Waals surface area contributed by atoms with Gasteiger partial charge in [-0.25, -0.2) is 0 Å². The summed E-state index contributed by atoms with van der Waals surface area (Å²) in [6.45, 7) is 3.71. The molecule has 2 aromatic carbocycles. The summed E-state index contributed by atoms with van der Waals surface area (Å²) in [6.07, 6.45) is 4.46. The molecule has 2 aromatic rings. The predicted octanol–water partition coefficient (Wildman–Crippen LogP) is 3.81. The van der Waals surface area contributed by atoms with E-state index in [-0.39, 0.29) is 5.91 Å². The Hall–Kier alpha value is -2.33. The maximum atomic E-state index is 13.2. The van der Waals surface area contributed by atoms with Crippen molar-refractivity contribution in [2.45, 2.75) is 38.3 Å². The first-order valence-electron chi connectivity index (χ1n) is 10.5. The number of nitrogens with zero attached hydrogens (tertiary/aromatic N) is 3. The van der Waals surface area contributed by atoms with Crippen LogP contribution in [0.3, 0.4) is 0 Å². The van der Waals surface area contributed by atoms with Crippen molar-refractivity contribution in [3.63, 3.8) is 0 Å². The Kier molecular flexibility index (Phi) is 5.67. The minimum atomic E-state index is 0.189. The van der Waals surface area contributed by atoms with Crippen LogP contribution in [0.1, 0.15) is 40.7 Å². The fraction of sp³-hybridized carbons (Fsp3) is 0.458. The Labute approximate surface area is 168 Å². The molecular weight excluding hydrogens is 346 g/mol. The second-order valence-electron chi connectivity index (χ2n) is 8.32. The van der Waals surface area contributed by atoms with E-state index in [0.29, 0.717) is 6.04 Å². The molecule has 0 saturated carbocycles. The van der Waals surface area contributed by atoms with Crippen LogP contribution in [0.15, 0.2) is 48.5 Å². The highest BCUT2D eigenvalue weighted by Crippen LogP contribution is 2.28. The summed E-state index contributed by atoms with van der Waals surface area (Å²) < 4.78 is 0. The van der Waals surface area contributed by atoms with Crippen molar-refractivity contribution in [1.29, 1.82) is 0 Å². The zero-order chi connectivity index (χ0) is 19.5. The number of piperidine rings is 1. The van der Waals surface area contributed by atoms with E-state index in [0.717, 1.165) is 57.4 Å². The van der Waals surface area contributed by atoms with Crippen LogP contribution in [0.2, 0.25) is 0 Å². The number of amides is 1. The van der Waals surface area contributed by atoms with Gasteiger partial charge < -0.3 is 9.80 Å². The van der Waals surface area contributed by atoms with Gasteiger partial charge in [-0.2, -0.15) is 0 Å². The largest absolute Gasteiger partial charge is 0.374 e. The number of likely N-dealkylation sites (tertiary alicyclic amines) is 1. The Morgan fingerprint density at radius 1 is 1.11 bits per heavy atom. The lowest BCUT2D eigenvalue weighted by atomic mass is 9.98. The monoisotopic (exact) mass is 377 g/mol. The first-order valence-corrected chi connectivity index (χ1v) is 10.5. The number of benzene rings is 2. The van der Waals surface area contributed by atoms with Crippen LogP contribution in [0.5, 0.6) is 0 Å². The van der Waals surface area contributed by atoms with E-state index in [1.807, 2.05) is 6.07 Å². The molecule has 1 amide bonds. The molecule has 0 aromatic heterocycles. The lowest BCUT2D eigenvalue weighted by molar-refractivity contribution is 0.0602. The third-order valence-electron chi connectivity index (χ3n) is 6.26. The molecule has 148 valence electrons. The lowest BCUT2D eigenvalue weighted by Crippen LogP contribution is -2.48. The number of rotatable bonds is 4. The number of carbonyl (C=O) groups is 1. The normalized spacial score (nSPS) is 19.6.